The molecule has 0 bridgehead atoms. The summed E-state index contributed by atoms with van der Waals surface area (Å²) in [5, 5.41) is 7.41. The van der Waals surface area contributed by atoms with Gasteiger partial charge >= 0.3 is 0 Å². The molecule has 0 atom stereocenters. The van der Waals surface area contributed by atoms with E-state index in [0.29, 0.717) is 0 Å². The third-order valence-corrected chi connectivity index (χ3v) is 13.2. The molecule has 0 saturated heterocycles. The molecule has 10 aromatic carbocycles. The summed E-state index contributed by atoms with van der Waals surface area (Å²) in [4.78, 5) is 2.37. The van der Waals surface area contributed by atoms with Gasteiger partial charge in [-0.15, -0.1) is 11.3 Å². The van der Waals surface area contributed by atoms with Gasteiger partial charge in [0.15, 0.2) is 0 Å². The maximum Gasteiger partial charge on any atom is 0.136 e. The Morgan fingerprint density at radius 1 is 0.311 bits per heavy atom. The van der Waals surface area contributed by atoms with Crippen LogP contribution in [0.5, 0.6) is 0 Å². The fourth-order valence-corrected chi connectivity index (χ4v) is 10.3. The average molecular weight is 796 g/mol. The van der Waals surface area contributed by atoms with Gasteiger partial charge in [-0.2, -0.15) is 0 Å². The van der Waals surface area contributed by atoms with Crippen LogP contribution in [0.25, 0.3) is 97.4 Å². The van der Waals surface area contributed by atoms with Crippen molar-refractivity contribution >= 4 is 81.3 Å². The monoisotopic (exact) mass is 795 g/mol. The second-order valence-corrected chi connectivity index (χ2v) is 16.8. The number of fused-ring (bicyclic) bond motifs is 7. The summed E-state index contributed by atoms with van der Waals surface area (Å²) in [6.45, 7) is 0. The molecule has 0 radical (unpaired) electrons. The van der Waals surface area contributed by atoms with Crippen LogP contribution in [-0.2, 0) is 0 Å². The highest BCUT2D eigenvalue weighted by Gasteiger charge is 2.17. The molecule has 0 unspecified atom stereocenters. The van der Waals surface area contributed by atoms with Gasteiger partial charge in [0.25, 0.3) is 0 Å². The van der Waals surface area contributed by atoms with Crippen molar-refractivity contribution in [3.05, 3.63) is 224 Å². The van der Waals surface area contributed by atoms with E-state index in [0.717, 1.165) is 55.7 Å². The standard InChI is InChI=1S/C58H37NOS/c1-2-17-48-39(11-1)12-9-20-49(48)44-15-7-13-41(35-44)42-14-8-16-47(36-42)59(45-30-25-38(26-31-45)43-29-34-52-51-18-3-5-22-54(51)60-55(52)37-43)46-32-27-40(28-33-46)50-21-10-24-57-58(50)53-19-4-6-23-56(53)61-57/h1-37H. The molecule has 61 heavy (non-hydrogen) atoms. The van der Waals surface area contributed by atoms with E-state index in [1.807, 2.05) is 23.5 Å². The molecule has 0 spiro atoms. The van der Waals surface area contributed by atoms with Gasteiger partial charge < -0.3 is 9.32 Å². The van der Waals surface area contributed by atoms with Gasteiger partial charge in [-0.1, -0.05) is 152 Å². The van der Waals surface area contributed by atoms with Crippen molar-refractivity contribution in [2.24, 2.45) is 0 Å². The minimum atomic E-state index is 0.900. The zero-order valence-corrected chi connectivity index (χ0v) is 33.9. The number of para-hydroxylation sites is 1. The lowest BCUT2D eigenvalue weighted by Crippen LogP contribution is -2.10. The van der Waals surface area contributed by atoms with E-state index in [2.05, 4.69) is 217 Å². The molecule has 0 saturated carbocycles. The fraction of sp³-hybridized carbons (Fsp3) is 0. The molecule has 12 rings (SSSR count). The molecule has 0 fully saturated rings. The van der Waals surface area contributed by atoms with Gasteiger partial charge in [0.2, 0.25) is 0 Å². The van der Waals surface area contributed by atoms with Crippen LogP contribution in [-0.4, -0.2) is 0 Å². The summed E-state index contributed by atoms with van der Waals surface area (Å²) < 4.78 is 8.89. The molecule has 286 valence electrons. The Morgan fingerprint density at radius 2 is 0.885 bits per heavy atom. The second-order valence-electron chi connectivity index (χ2n) is 15.7. The SMILES string of the molecule is c1cc(-c2cccc(N(c3ccc(-c4ccc5c(c4)oc4ccccc45)cc3)c3ccc(-c4cccc5sc6ccccc6c45)cc3)c2)cc(-c2cccc3ccccc23)c1. The number of rotatable bonds is 7. The smallest absolute Gasteiger partial charge is 0.136 e. The first-order valence-electron chi connectivity index (χ1n) is 20.7. The van der Waals surface area contributed by atoms with Gasteiger partial charge in [-0.25, -0.2) is 0 Å². The van der Waals surface area contributed by atoms with Crippen molar-refractivity contribution in [2.75, 3.05) is 4.90 Å². The van der Waals surface area contributed by atoms with E-state index in [-0.39, 0.29) is 0 Å². The number of anilines is 3. The first kappa shape index (κ1) is 35.2. The average Bonchev–Trinajstić information content (AvgIpc) is 3.90. The summed E-state index contributed by atoms with van der Waals surface area (Å²) in [5.41, 5.74) is 14.6. The highest BCUT2D eigenvalue weighted by molar-refractivity contribution is 7.25. The molecule has 2 nitrogen and oxygen atoms in total. The molecule has 0 aliphatic carbocycles. The minimum Gasteiger partial charge on any atom is -0.456 e. The Balaban J connectivity index is 0.951. The zero-order valence-electron chi connectivity index (χ0n) is 33.1. The number of thiophene rings is 1. The van der Waals surface area contributed by atoms with Crippen molar-refractivity contribution in [1.29, 1.82) is 0 Å². The number of furan rings is 1. The van der Waals surface area contributed by atoms with Gasteiger partial charge in [-0.3, -0.25) is 0 Å². The van der Waals surface area contributed by atoms with Crippen LogP contribution in [0.4, 0.5) is 17.1 Å². The Bertz CT molecular complexity index is 3590. The molecule has 3 heteroatoms. The highest BCUT2D eigenvalue weighted by atomic mass is 32.1. The molecule has 0 aliphatic heterocycles. The van der Waals surface area contributed by atoms with Crippen LogP contribution in [0.15, 0.2) is 229 Å². The molecule has 2 aromatic heterocycles. The Hall–Kier alpha value is -7.72. The molecule has 0 aliphatic rings. The van der Waals surface area contributed by atoms with Crippen LogP contribution >= 0.6 is 11.3 Å². The number of hydrogen-bond donors (Lipinski definition) is 0. The first-order valence-corrected chi connectivity index (χ1v) is 21.5. The number of nitrogens with zero attached hydrogens (tertiary/aromatic N) is 1. The van der Waals surface area contributed by atoms with Crippen molar-refractivity contribution < 1.29 is 4.42 Å². The normalized spacial score (nSPS) is 11.6. The van der Waals surface area contributed by atoms with Crippen LogP contribution in [0.1, 0.15) is 0 Å². The summed E-state index contributed by atoms with van der Waals surface area (Å²) >= 11 is 1.86. The molecule has 2 heterocycles. The molecule has 12 aromatic rings. The Labute approximate surface area is 357 Å². The Kier molecular flexibility index (Phi) is 8.39. The van der Waals surface area contributed by atoms with Gasteiger partial charge in [-0.05, 0) is 128 Å². The number of hydrogen-bond acceptors (Lipinski definition) is 3. The van der Waals surface area contributed by atoms with E-state index >= 15 is 0 Å². The second kappa shape index (κ2) is 14.5. The van der Waals surface area contributed by atoms with E-state index in [9.17, 15) is 0 Å². The molecular weight excluding hydrogens is 759 g/mol. The van der Waals surface area contributed by atoms with E-state index in [4.69, 9.17) is 4.42 Å². The predicted molar refractivity (Wildman–Crippen MR) is 261 cm³/mol. The maximum absolute atomic E-state index is 6.27. The van der Waals surface area contributed by atoms with Crippen LogP contribution in [0, 0.1) is 0 Å². The van der Waals surface area contributed by atoms with Crippen molar-refractivity contribution in [3.8, 4) is 44.5 Å². The van der Waals surface area contributed by atoms with E-state index in [1.54, 1.807) is 0 Å². The quantitative estimate of drug-likeness (QED) is 0.160. The summed E-state index contributed by atoms with van der Waals surface area (Å²) in [7, 11) is 0. The van der Waals surface area contributed by atoms with Gasteiger partial charge in [0.05, 0.1) is 0 Å². The van der Waals surface area contributed by atoms with Crippen LogP contribution in [0.3, 0.4) is 0 Å². The summed E-state index contributed by atoms with van der Waals surface area (Å²) in [6, 6.07) is 81.2. The lowest BCUT2D eigenvalue weighted by molar-refractivity contribution is 0.669. The van der Waals surface area contributed by atoms with Gasteiger partial charge in [0.1, 0.15) is 11.2 Å². The minimum absolute atomic E-state index is 0.900. The third kappa shape index (κ3) is 6.18. The molecular formula is C58H37NOS. The Morgan fingerprint density at radius 3 is 1.74 bits per heavy atom. The molecule has 0 amide bonds. The van der Waals surface area contributed by atoms with Crippen LogP contribution < -0.4 is 4.90 Å². The highest BCUT2D eigenvalue weighted by Crippen LogP contribution is 2.43. The van der Waals surface area contributed by atoms with E-state index < -0.39 is 0 Å². The first-order chi connectivity index (χ1) is 30.2. The fourth-order valence-electron chi connectivity index (χ4n) is 9.13. The lowest BCUT2D eigenvalue weighted by atomic mass is 9.95. The predicted octanol–water partition coefficient (Wildman–Crippen LogP) is 17.2. The largest absolute Gasteiger partial charge is 0.456 e. The third-order valence-electron chi connectivity index (χ3n) is 12.1. The van der Waals surface area contributed by atoms with Gasteiger partial charge in [0, 0.05) is 48.0 Å². The van der Waals surface area contributed by atoms with Crippen molar-refractivity contribution in [3.63, 3.8) is 0 Å². The maximum atomic E-state index is 6.27. The zero-order chi connectivity index (χ0) is 40.3. The number of benzene rings is 10. The molecule has 0 N–H and O–H groups in total. The van der Waals surface area contributed by atoms with Crippen molar-refractivity contribution in [2.45, 2.75) is 0 Å². The van der Waals surface area contributed by atoms with E-state index in [1.165, 1.54) is 58.8 Å². The lowest BCUT2D eigenvalue weighted by Gasteiger charge is -2.26. The topological polar surface area (TPSA) is 16.4 Å². The summed E-state index contributed by atoms with van der Waals surface area (Å²) in [5.74, 6) is 0. The van der Waals surface area contributed by atoms with Crippen LogP contribution in [0.2, 0.25) is 0 Å². The van der Waals surface area contributed by atoms with Crippen molar-refractivity contribution in [1.82, 2.24) is 0 Å². The summed E-state index contributed by atoms with van der Waals surface area (Å²) in [6.07, 6.45) is 0.